The van der Waals surface area contributed by atoms with Gasteiger partial charge in [-0.2, -0.15) is 0 Å². The van der Waals surface area contributed by atoms with Crippen LogP contribution in [0.1, 0.15) is 26.7 Å². The number of carbonyl (C=O) groups excluding carboxylic acids is 4. The van der Waals surface area contributed by atoms with Gasteiger partial charge in [0.05, 0.1) is 0 Å². The SMILES string of the molecule is CCCC.O=C([O-])/N=N/C(=O)[O-].O=C([O-])/N=N/C(=O)[O-]. The molecule has 0 N–H and O–H groups in total. The minimum atomic E-state index is -1.91. The Morgan fingerprint density at radius 2 is 0.750 bits per heavy atom. The number of azo groups is 2. The molecule has 0 aromatic carbocycles. The lowest BCUT2D eigenvalue weighted by atomic mass is 10.4. The van der Waals surface area contributed by atoms with Gasteiger partial charge in [-0.25, -0.2) is 0 Å². The van der Waals surface area contributed by atoms with Crippen LogP contribution < -0.4 is 20.4 Å². The van der Waals surface area contributed by atoms with Gasteiger partial charge in [0.15, 0.2) is 24.4 Å². The van der Waals surface area contributed by atoms with Crippen molar-refractivity contribution in [3.8, 4) is 0 Å². The van der Waals surface area contributed by atoms with Gasteiger partial charge in [0.2, 0.25) is 0 Å². The van der Waals surface area contributed by atoms with Crippen molar-refractivity contribution < 1.29 is 39.6 Å². The molecular weight excluding hydrogens is 280 g/mol. The zero-order valence-corrected chi connectivity index (χ0v) is 10.5. The topological polar surface area (TPSA) is 210 Å². The predicted molar refractivity (Wildman–Crippen MR) is 51.9 cm³/mol. The summed E-state index contributed by atoms with van der Waals surface area (Å²) in [4.78, 5) is 37.0. The van der Waals surface area contributed by atoms with Gasteiger partial charge in [0.1, 0.15) is 0 Å². The van der Waals surface area contributed by atoms with Gasteiger partial charge in [0.25, 0.3) is 0 Å². The molecule has 0 aliphatic carbocycles. The highest BCUT2D eigenvalue weighted by molar-refractivity contribution is 5.68. The summed E-state index contributed by atoms with van der Waals surface area (Å²) in [5, 5.41) is 45.3. The van der Waals surface area contributed by atoms with Crippen LogP contribution in [0.4, 0.5) is 19.2 Å². The van der Waals surface area contributed by atoms with Crippen LogP contribution in [0.25, 0.3) is 0 Å². The number of rotatable bonds is 1. The van der Waals surface area contributed by atoms with Crippen LogP contribution in [0.2, 0.25) is 0 Å². The van der Waals surface area contributed by atoms with Crippen molar-refractivity contribution in [2.75, 3.05) is 0 Å². The molecule has 0 fully saturated rings. The molecule has 114 valence electrons. The first-order chi connectivity index (χ1) is 9.17. The van der Waals surface area contributed by atoms with E-state index in [1.807, 2.05) is 0 Å². The van der Waals surface area contributed by atoms with Crippen LogP contribution >= 0.6 is 0 Å². The number of unbranched alkanes of at least 4 members (excludes halogenated alkanes) is 1. The lowest BCUT2D eigenvalue weighted by Gasteiger charge is -1.88. The predicted octanol–water partition coefficient (Wildman–Crippen LogP) is -1.94. The van der Waals surface area contributed by atoms with Crippen LogP contribution in [0, 0.1) is 0 Å². The molecule has 0 radical (unpaired) electrons. The molecule has 0 unspecified atom stereocenters. The van der Waals surface area contributed by atoms with E-state index >= 15 is 0 Å². The van der Waals surface area contributed by atoms with Crippen LogP contribution in [0.15, 0.2) is 20.5 Å². The molecule has 0 saturated heterocycles. The summed E-state index contributed by atoms with van der Waals surface area (Å²) in [5.41, 5.74) is 0. The van der Waals surface area contributed by atoms with E-state index < -0.39 is 24.4 Å². The average molecular weight is 290 g/mol. The Kier molecular flexibility index (Phi) is 17.9. The second-order valence-corrected chi connectivity index (χ2v) is 2.46. The lowest BCUT2D eigenvalue weighted by molar-refractivity contribution is -0.252. The molecule has 0 bridgehead atoms. The van der Waals surface area contributed by atoms with E-state index in [4.69, 9.17) is 0 Å². The third-order valence-electron chi connectivity index (χ3n) is 0.927. The smallest absolute Gasteiger partial charge is 0.185 e. The summed E-state index contributed by atoms with van der Waals surface area (Å²) in [7, 11) is 0. The molecular formula is C8H10N4O8-4. The fourth-order valence-corrected chi connectivity index (χ4v) is 0.163. The van der Waals surface area contributed by atoms with Crippen molar-refractivity contribution in [2.45, 2.75) is 26.7 Å². The quantitative estimate of drug-likeness (QED) is 0.494. The summed E-state index contributed by atoms with van der Waals surface area (Å²) < 4.78 is 0. The molecule has 0 aromatic rings. The van der Waals surface area contributed by atoms with E-state index in [1.165, 1.54) is 12.8 Å². The van der Waals surface area contributed by atoms with E-state index in [0.29, 0.717) is 0 Å². The molecule has 0 heterocycles. The Labute approximate surface area is 112 Å². The van der Waals surface area contributed by atoms with Gasteiger partial charge in [-0.1, -0.05) is 26.7 Å². The summed E-state index contributed by atoms with van der Waals surface area (Å²) in [6.45, 7) is 4.36. The normalized spacial score (nSPS) is 9.10. The van der Waals surface area contributed by atoms with Gasteiger partial charge >= 0.3 is 0 Å². The molecule has 0 rings (SSSR count). The first kappa shape index (κ1) is 22.3. The number of carbonyl (C=O) groups is 4. The molecule has 4 amide bonds. The van der Waals surface area contributed by atoms with Gasteiger partial charge in [-0.15, -0.1) is 20.5 Å². The first-order valence-corrected chi connectivity index (χ1v) is 4.84. The van der Waals surface area contributed by atoms with E-state index in [1.54, 1.807) is 0 Å². The molecule has 0 aliphatic rings. The van der Waals surface area contributed by atoms with Crippen molar-refractivity contribution in [3.05, 3.63) is 0 Å². The Hall–Kier alpha value is -2.92. The molecule has 0 saturated carbocycles. The molecule has 12 nitrogen and oxygen atoms in total. The number of amides is 4. The monoisotopic (exact) mass is 290 g/mol. The number of hydrogen-bond donors (Lipinski definition) is 0. The summed E-state index contributed by atoms with van der Waals surface area (Å²) in [6, 6.07) is 0. The molecule has 0 aliphatic heterocycles. The van der Waals surface area contributed by atoms with Crippen LogP contribution in [-0.4, -0.2) is 24.4 Å². The van der Waals surface area contributed by atoms with E-state index in [0.717, 1.165) is 0 Å². The lowest BCUT2D eigenvalue weighted by Crippen LogP contribution is -2.20. The van der Waals surface area contributed by atoms with Gasteiger partial charge in [0, 0.05) is 0 Å². The zero-order valence-electron chi connectivity index (χ0n) is 10.5. The average Bonchev–Trinajstić information content (AvgIpc) is 2.35. The summed E-state index contributed by atoms with van der Waals surface area (Å²) in [6.07, 6.45) is -4.99. The fraction of sp³-hybridized carbons (Fsp3) is 0.500. The standard InChI is InChI=1S/C4H10.2C2H2N2O4/c1-3-4-2;2*5-1(6)3-4-2(7)8/h3-4H2,1-2H3;2*(H,5,6)(H,7,8)/p-4/b;2*4-3+. The van der Waals surface area contributed by atoms with E-state index in [2.05, 4.69) is 34.3 Å². The number of nitrogens with zero attached hydrogens (tertiary/aromatic N) is 4. The highest BCUT2D eigenvalue weighted by atomic mass is 16.4. The third kappa shape index (κ3) is 45.8. The largest absolute Gasteiger partial charge is 0.527 e. The maximum Gasteiger partial charge on any atom is 0.185 e. The van der Waals surface area contributed by atoms with Gasteiger partial charge < -0.3 is 39.6 Å². The van der Waals surface area contributed by atoms with Crippen molar-refractivity contribution in [2.24, 2.45) is 20.5 Å². The minimum Gasteiger partial charge on any atom is -0.527 e. The zero-order chi connectivity index (χ0) is 16.6. The second kappa shape index (κ2) is 16.1. The molecule has 12 heteroatoms. The van der Waals surface area contributed by atoms with E-state index in [-0.39, 0.29) is 0 Å². The van der Waals surface area contributed by atoms with Crippen LogP contribution in [-0.2, 0) is 0 Å². The third-order valence-corrected chi connectivity index (χ3v) is 0.927. The number of carboxylic acid groups (broad SMARTS) is 4. The summed E-state index contributed by atoms with van der Waals surface area (Å²) >= 11 is 0. The highest BCUT2D eigenvalue weighted by Gasteiger charge is 1.73. The van der Waals surface area contributed by atoms with Crippen molar-refractivity contribution in [1.82, 2.24) is 0 Å². The highest BCUT2D eigenvalue weighted by Crippen LogP contribution is 1.76. The van der Waals surface area contributed by atoms with Crippen molar-refractivity contribution in [1.29, 1.82) is 0 Å². The molecule has 0 atom stereocenters. The molecule has 0 aromatic heterocycles. The summed E-state index contributed by atoms with van der Waals surface area (Å²) in [5.74, 6) is 0. The maximum atomic E-state index is 9.24. The van der Waals surface area contributed by atoms with Gasteiger partial charge in [-0.05, 0) is 0 Å². The fourth-order valence-electron chi connectivity index (χ4n) is 0.163. The van der Waals surface area contributed by atoms with Gasteiger partial charge in [-0.3, -0.25) is 0 Å². The maximum absolute atomic E-state index is 9.24. The Morgan fingerprint density at radius 1 is 0.600 bits per heavy atom. The van der Waals surface area contributed by atoms with E-state index in [9.17, 15) is 39.6 Å². The minimum absolute atomic E-state index is 1.32. The van der Waals surface area contributed by atoms with Crippen molar-refractivity contribution in [3.63, 3.8) is 0 Å². The van der Waals surface area contributed by atoms with Crippen LogP contribution in [0.3, 0.4) is 0 Å². The van der Waals surface area contributed by atoms with Crippen molar-refractivity contribution >= 4 is 24.4 Å². The Bertz CT molecular complexity index is 311. The first-order valence-electron chi connectivity index (χ1n) is 4.84. The molecule has 20 heavy (non-hydrogen) atoms. The Balaban J connectivity index is -0.000000230. The Morgan fingerprint density at radius 3 is 0.800 bits per heavy atom. The molecule has 0 spiro atoms. The second-order valence-electron chi connectivity index (χ2n) is 2.46. The van der Waals surface area contributed by atoms with Crippen LogP contribution in [0.5, 0.6) is 0 Å². The number of hydrogen-bond acceptors (Lipinski definition) is 8.